The summed E-state index contributed by atoms with van der Waals surface area (Å²) in [5.74, 6) is -0.345. The van der Waals surface area contributed by atoms with E-state index in [4.69, 9.17) is 9.63 Å². The van der Waals surface area contributed by atoms with Crippen molar-refractivity contribution in [1.29, 1.82) is 0 Å². The minimum absolute atomic E-state index is 0.122. The standard InChI is InChI=1S/C15H19N5O5S/c1-10-14(11(2)25-18-10)26(23,24)20-5-3-4-19(6-7-20)13-9-16-12(8-17-13)15(21)22/h8-9H,3-7H2,1-2H3,(H,21,22). The second-order valence-corrected chi connectivity index (χ2v) is 7.84. The van der Waals surface area contributed by atoms with Crippen LogP contribution in [-0.4, -0.2) is 65.1 Å². The molecule has 0 radical (unpaired) electrons. The molecule has 0 unspecified atom stereocenters. The van der Waals surface area contributed by atoms with Gasteiger partial charge in [0, 0.05) is 26.2 Å². The fourth-order valence-corrected chi connectivity index (χ4v) is 4.69. The maximum Gasteiger partial charge on any atom is 0.356 e. The molecule has 140 valence electrons. The molecule has 26 heavy (non-hydrogen) atoms. The molecule has 10 nitrogen and oxygen atoms in total. The van der Waals surface area contributed by atoms with E-state index in [0.29, 0.717) is 37.6 Å². The average Bonchev–Trinajstić information content (AvgIpc) is 2.81. The lowest BCUT2D eigenvalue weighted by atomic mass is 10.4. The van der Waals surface area contributed by atoms with Gasteiger partial charge in [0.1, 0.15) is 16.4 Å². The first-order valence-corrected chi connectivity index (χ1v) is 9.48. The summed E-state index contributed by atoms with van der Waals surface area (Å²) in [7, 11) is -3.69. The van der Waals surface area contributed by atoms with Crippen LogP contribution in [0.15, 0.2) is 21.8 Å². The summed E-state index contributed by atoms with van der Waals surface area (Å²) in [5, 5.41) is 12.6. The number of anilines is 1. The summed E-state index contributed by atoms with van der Waals surface area (Å²) < 4.78 is 32.2. The van der Waals surface area contributed by atoms with Crippen molar-refractivity contribution in [3.05, 3.63) is 29.5 Å². The van der Waals surface area contributed by atoms with Gasteiger partial charge in [-0.15, -0.1) is 0 Å². The highest BCUT2D eigenvalue weighted by molar-refractivity contribution is 7.89. The van der Waals surface area contributed by atoms with Gasteiger partial charge in [-0.25, -0.2) is 23.2 Å². The van der Waals surface area contributed by atoms with Crippen LogP contribution in [0.25, 0.3) is 0 Å². The zero-order valence-electron chi connectivity index (χ0n) is 14.4. The van der Waals surface area contributed by atoms with Crippen LogP contribution in [-0.2, 0) is 10.0 Å². The molecule has 0 bridgehead atoms. The van der Waals surface area contributed by atoms with Gasteiger partial charge in [-0.1, -0.05) is 5.16 Å². The Morgan fingerprint density at radius 2 is 1.92 bits per heavy atom. The molecule has 0 atom stereocenters. The zero-order chi connectivity index (χ0) is 18.9. The van der Waals surface area contributed by atoms with Crippen molar-refractivity contribution < 1.29 is 22.8 Å². The lowest BCUT2D eigenvalue weighted by molar-refractivity contribution is 0.0690. The molecular weight excluding hydrogens is 362 g/mol. The van der Waals surface area contributed by atoms with Gasteiger partial charge in [0.15, 0.2) is 11.5 Å². The minimum Gasteiger partial charge on any atom is -0.476 e. The van der Waals surface area contributed by atoms with E-state index in [0.717, 1.165) is 0 Å². The summed E-state index contributed by atoms with van der Waals surface area (Å²) in [6.45, 7) is 4.83. The lowest BCUT2D eigenvalue weighted by Gasteiger charge is -2.22. The van der Waals surface area contributed by atoms with Gasteiger partial charge in [0.2, 0.25) is 10.0 Å². The van der Waals surface area contributed by atoms with Crippen molar-refractivity contribution in [3.63, 3.8) is 0 Å². The maximum atomic E-state index is 12.9. The van der Waals surface area contributed by atoms with Crippen molar-refractivity contribution in [1.82, 2.24) is 19.4 Å². The molecule has 0 aliphatic carbocycles. The normalized spacial score (nSPS) is 16.5. The van der Waals surface area contributed by atoms with Gasteiger partial charge in [0.25, 0.3) is 0 Å². The second-order valence-electron chi connectivity index (χ2n) is 5.96. The Hall–Kier alpha value is -2.53. The predicted molar refractivity (Wildman–Crippen MR) is 90.6 cm³/mol. The number of hydrogen-bond donors (Lipinski definition) is 1. The number of carboxylic acid groups (broad SMARTS) is 1. The fourth-order valence-electron chi connectivity index (χ4n) is 2.93. The number of aromatic nitrogens is 3. The molecule has 0 aromatic carbocycles. The molecule has 0 amide bonds. The first-order chi connectivity index (χ1) is 12.3. The molecule has 0 saturated carbocycles. The highest BCUT2D eigenvalue weighted by atomic mass is 32.2. The SMILES string of the molecule is Cc1noc(C)c1S(=O)(=O)N1CCCN(c2cnc(C(=O)O)cn2)CC1. The first-order valence-electron chi connectivity index (χ1n) is 8.04. The summed E-state index contributed by atoms with van der Waals surface area (Å²) in [5.41, 5.74) is 0.213. The third kappa shape index (κ3) is 3.40. The number of aryl methyl sites for hydroxylation is 2. The molecule has 1 aliphatic heterocycles. The van der Waals surface area contributed by atoms with E-state index in [2.05, 4.69) is 15.1 Å². The quantitative estimate of drug-likeness (QED) is 0.812. The summed E-state index contributed by atoms with van der Waals surface area (Å²) in [6, 6.07) is 0. The fraction of sp³-hybridized carbons (Fsp3) is 0.467. The Morgan fingerprint density at radius 1 is 1.15 bits per heavy atom. The van der Waals surface area contributed by atoms with Gasteiger partial charge in [-0.05, 0) is 20.3 Å². The van der Waals surface area contributed by atoms with Gasteiger partial charge >= 0.3 is 5.97 Å². The summed E-state index contributed by atoms with van der Waals surface area (Å²) in [6.07, 6.45) is 3.19. The molecular formula is C15H19N5O5S. The largest absolute Gasteiger partial charge is 0.476 e. The molecule has 2 aromatic rings. The molecule has 3 rings (SSSR count). The summed E-state index contributed by atoms with van der Waals surface area (Å²) >= 11 is 0. The zero-order valence-corrected chi connectivity index (χ0v) is 15.2. The van der Waals surface area contributed by atoms with Crippen LogP contribution in [0, 0.1) is 13.8 Å². The number of hydrogen-bond acceptors (Lipinski definition) is 8. The maximum absolute atomic E-state index is 12.9. The predicted octanol–water partition coefficient (Wildman–Crippen LogP) is 0.681. The van der Waals surface area contributed by atoms with E-state index >= 15 is 0 Å². The highest BCUT2D eigenvalue weighted by Crippen LogP contribution is 2.24. The molecule has 1 aliphatic rings. The van der Waals surface area contributed by atoms with Crippen molar-refractivity contribution in [3.8, 4) is 0 Å². The molecule has 1 fully saturated rings. The van der Waals surface area contributed by atoms with Crippen molar-refractivity contribution in [2.24, 2.45) is 0 Å². The molecule has 0 spiro atoms. The van der Waals surface area contributed by atoms with Crippen molar-refractivity contribution in [2.45, 2.75) is 25.2 Å². The van der Waals surface area contributed by atoms with Gasteiger partial charge in [-0.2, -0.15) is 4.31 Å². The Kier molecular flexibility index (Phi) is 4.92. The molecule has 11 heteroatoms. The van der Waals surface area contributed by atoms with E-state index in [-0.39, 0.29) is 22.9 Å². The van der Waals surface area contributed by atoms with E-state index in [1.807, 2.05) is 4.90 Å². The Balaban J connectivity index is 1.77. The average molecular weight is 381 g/mol. The van der Waals surface area contributed by atoms with Crippen molar-refractivity contribution in [2.75, 3.05) is 31.1 Å². The van der Waals surface area contributed by atoms with Crippen molar-refractivity contribution >= 4 is 21.8 Å². The monoisotopic (exact) mass is 381 g/mol. The number of rotatable bonds is 4. The summed E-state index contributed by atoms with van der Waals surface area (Å²) in [4.78, 5) is 20.9. The molecule has 1 N–H and O–H groups in total. The third-order valence-corrected chi connectivity index (χ3v) is 6.35. The van der Waals surface area contributed by atoms with E-state index in [9.17, 15) is 13.2 Å². The van der Waals surface area contributed by atoms with Crippen LogP contribution in [0.2, 0.25) is 0 Å². The van der Waals surface area contributed by atoms with Gasteiger partial charge in [0.05, 0.1) is 12.4 Å². The van der Waals surface area contributed by atoms with E-state index in [1.54, 1.807) is 13.8 Å². The topological polar surface area (TPSA) is 130 Å². The Labute approximate surface area is 150 Å². The Bertz CT molecular complexity index is 890. The smallest absolute Gasteiger partial charge is 0.356 e. The molecule has 1 saturated heterocycles. The van der Waals surface area contributed by atoms with E-state index in [1.165, 1.54) is 16.7 Å². The highest BCUT2D eigenvalue weighted by Gasteiger charge is 2.32. The van der Waals surface area contributed by atoms with Crippen LogP contribution in [0.3, 0.4) is 0 Å². The van der Waals surface area contributed by atoms with E-state index < -0.39 is 16.0 Å². The van der Waals surface area contributed by atoms with Gasteiger partial charge in [-0.3, -0.25) is 0 Å². The van der Waals surface area contributed by atoms with Crippen LogP contribution >= 0.6 is 0 Å². The lowest BCUT2D eigenvalue weighted by Crippen LogP contribution is -2.35. The molecule has 2 aromatic heterocycles. The van der Waals surface area contributed by atoms with Gasteiger partial charge < -0.3 is 14.5 Å². The first kappa shape index (κ1) is 18.3. The minimum atomic E-state index is -3.69. The molecule has 3 heterocycles. The second kappa shape index (κ2) is 7.00. The van der Waals surface area contributed by atoms with Crippen LogP contribution < -0.4 is 4.90 Å². The van der Waals surface area contributed by atoms with Crippen LogP contribution in [0.5, 0.6) is 0 Å². The third-order valence-electron chi connectivity index (χ3n) is 4.20. The number of aromatic carboxylic acids is 1. The van der Waals surface area contributed by atoms with Crippen LogP contribution in [0.4, 0.5) is 5.82 Å². The number of carboxylic acids is 1. The number of nitrogens with zero attached hydrogens (tertiary/aromatic N) is 5. The number of carbonyl (C=O) groups is 1. The van der Waals surface area contributed by atoms with Crippen LogP contribution in [0.1, 0.15) is 28.4 Å². The number of sulfonamides is 1. The Morgan fingerprint density at radius 3 is 2.50 bits per heavy atom.